The normalized spacial score (nSPS) is 19.4. The van der Waals surface area contributed by atoms with Crippen LogP contribution in [0.2, 0.25) is 0 Å². The van der Waals surface area contributed by atoms with E-state index in [1.165, 1.54) is 19.4 Å². The molecule has 118 valence electrons. The first-order valence-corrected chi connectivity index (χ1v) is 7.58. The quantitative estimate of drug-likeness (QED) is 0.467. The van der Waals surface area contributed by atoms with E-state index in [0.717, 1.165) is 18.8 Å². The Morgan fingerprint density at radius 3 is 3.05 bits per heavy atom. The summed E-state index contributed by atoms with van der Waals surface area (Å²) in [7, 11) is 2.09. The molecule has 21 heavy (non-hydrogen) atoms. The van der Waals surface area contributed by atoms with Crippen molar-refractivity contribution in [1.82, 2.24) is 15.2 Å². The maximum Gasteiger partial charge on any atom is 0.268 e. The number of carbonyl (C=O) groups is 1. The lowest BCUT2D eigenvalue weighted by Gasteiger charge is -2.27. The number of nitrogens with one attached hydrogen (secondary N) is 1. The van der Waals surface area contributed by atoms with Gasteiger partial charge in [0.2, 0.25) is 0 Å². The summed E-state index contributed by atoms with van der Waals surface area (Å²) in [4.78, 5) is 16.4. The molecule has 1 aromatic rings. The second-order valence-electron chi connectivity index (χ2n) is 5.78. The summed E-state index contributed by atoms with van der Waals surface area (Å²) < 4.78 is 5.65. The largest absolute Gasteiger partial charge is 0.464 e. The van der Waals surface area contributed by atoms with E-state index in [9.17, 15) is 4.79 Å². The predicted octanol–water partition coefficient (Wildman–Crippen LogP) is 1.11. The van der Waals surface area contributed by atoms with E-state index in [0.29, 0.717) is 23.9 Å². The second-order valence-corrected chi connectivity index (χ2v) is 5.78. The van der Waals surface area contributed by atoms with E-state index >= 15 is 0 Å². The number of aryl methyl sites for hydroxylation is 1. The molecule has 0 aliphatic carbocycles. The molecular weight excluding hydrogens is 268 g/mol. The smallest absolute Gasteiger partial charge is 0.268 e. The molecule has 1 aromatic heterocycles. The number of hydrogen-bond donors (Lipinski definition) is 2. The van der Waals surface area contributed by atoms with Crippen LogP contribution in [0.15, 0.2) is 10.5 Å². The average molecular weight is 294 g/mol. The number of amides is 1. The summed E-state index contributed by atoms with van der Waals surface area (Å²) in [6.45, 7) is 8.03. The van der Waals surface area contributed by atoms with Gasteiger partial charge in [-0.2, -0.15) is 0 Å². The number of nitrogens with two attached hydrogens (primary N) is 1. The molecule has 1 atom stereocenters. The third-order valence-corrected chi connectivity index (χ3v) is 4.20. The Kier molecular flexibility index (Phi) is 5.39. The van der Waals surface area contributed by atoms with Crippen molar-refractivity contribution in [3.63, 3.8) is 0 Å². The SMILES string of the molecule is CCN1CCCC1CN(C)Cc1cc(C(=O)NN)c(C)o1. The highest BCUT2D eigenvalue weighted by atomic mass is 16.3. The van der Waals surface area contributed by atoms with Crippen LogP contribution < -0.4 is 11.3 Å². The molecule has 0 radical (unpaired) electrons. The Morgan fingerprint density at radius 1 is 1.62 bits per heavy atom. The predicted molar refractivity (Wildman–Crippen MR) is 81.7 cm³/mol. The fraction of sp³-hybridized carbons (Fsp3) is 0.667. The monoisotopic (exact) mass is 294 g/mol. The first-order valence-electron chi connectivity index (χ1n) is 7.58. The number of rotatable bonds is 6. The molecule has 1 aliphatic heterocycles. The van der Waals surface area contributed by atoms with Gasteiger partial charge >= 0.3 is 0 Å². The van der Waals surface area contributed by atoms with E-state index in [1.807, 2.05) is 0 Å². The first kappa shape index (κ1) is 16.0. The lowest BCUT2D eigenvalue weighted by molar-refractivity contribution is 0.0952. The van der Waals surface area contributed by atoms with Crippen LogP contribution in [0.5, 0.6) is 0 Å². The van der Waals surface area contributed by atoms with Gasteiger partial charge in [-0.05, 0) is 46.0 Å². The molecule has 6 heteroatoms. The van der Waals surface area contributed by atoms with Crippen molar-refractivity contribution in [3.8, 4) is 0 Å². The molecule has 0 bridgehead atoms. The van der Waals surface area contributed by atoms with Crippen molar-refractivity contribution in [3.05, 3.63) is 23.2 Å². The third kappa shape index (κ3) is 3.84. The van der Waals surface area contributed by atoms with E-state index < -0.39 is 0 Å². The van der Waals surface area contributed by atoms with Gasteiger partial charge in [-0.15, -0.1) is 0 Å². The summed E-state index contributed by atoms with van der Waals surface area (Å²) >= 11 is 0. The average Bonchev–Trinajstić information content (AvgIpc) is 3.04. The Morgan fingerprint density at radius 2 is 2.38 bits per heavy atom. The zero-order chi connectivity index (χ0) is 15.4. The molecule has 2 rings (SSSR count). The minimum atomic E-state index is -0.307. The van der Waals surface area contributed by atoms with E-state index in [4.69, 9.17) is 10.3 Å². The molecule has 1 amide bonds. The Labute approximate surface area is 126 Å². The fourth-order valence-electron chi connectivity index (χ4n) is 3.13. The molecule has 2 heterocycles. The molecule has 1 unspecified atom stereocenters. The lowest BCUT2D eigenvalue weighted by atomic mass is 10.2. The Balaban J connectivity index is 1.93. The standard InChI is InChI=1S/C15H26N4O2/c1-4-19-7-5-6-12(19)9-18(3)10-13-8-14(11(2)21-13)15(20)17-16/h8,12H,4-7,9-10,16H2,1-3H3,(H,17,20). The Hall–Kier alpha value is -1.37. The molecule has 0 spiro atoms. The molecule has 3 N–H and O–H groups in total. The van der Waals surface area contributed by atoms with Gasteiger partial charge in [-0.25, -0.2) is 5.84 Å². The van der Waals surface area contributed by atoms with Crippen LogP contribution >= 0.6 is 0 Å². The van der Waals surface area contributed by atoms with Gasteiger partial charge in [-0.3, -0.25) is 20.0 Å². The van der Waals surface area contributed by atoms with Gasteiger partial charge in [0.1, 0.15) is 11.5 Å². The fourth-order valence-corrected chi connectivity index (χ4v) is 3.13. The van der Waals surface area contributed by atoms with Gasteiger partial charge in [0, 0.05) is 12.6 Å². The maximum absolute atomic E-state index is 11.6. The van der Waals surface area contributed by atoms with Crippen LogP contribution in [0.3, 0.4) is 0 Å². The molecular formula is C15H26N4O2. The van der Waals surface area contributed by atoms with Crippen molar-refractivity contribution in [2.24, 2.45) is 5.84 Å². The molecule has 0 aromatic carbocycles. The van der Waals surface area contributed by atoms with Crippen molar-refractivity contribution >= 4 is 5.91 Å². The van der Waals surface area contributed by atoms with Crippen molar-refractivity contribution in [1.29, 1.82) is 0 Å². The second kappa shape index (κ2) is 7.06. The molecule has 1 saturated heterocycles. The number of hydrogen-bond acceptors (Lipinski definition) is 5. The number of carbonyl (C=O) groups excluding carboxylic acids is 1. The van der Waals surface area contributed by atoms with Crippen LogP contribution in [0, 0.1) is 6.92 Å². The number of nitrogen functional groups attached to an aromatic ring is 1. The topological polar surface area (TPSA) is 74.7 Å². The molecule has 6 nitrogen and oxygen atoms in total. The minimum absolute atomic E-state index is 0.307. The highest BCUT2D eigenvalue weighted by Gasteiger charge is 2.24. The number of furan rings is 1. The summed E-state index contributed by atoms with van der Waals surface area (Å²) in [6.07, 6.45) is 2.54. The van der Waals surface area contributed by atoms with Crippen molar-refractivity contribution in [2.75, 3.05) is 26.7 Å². The van der Waals surface area contributed by atoms with Crippen LogP contribution in [0.1, 0.15) is 41.6 Å². The number of likely N-dealkylation sites (N-methyl/N-ethyl adjacent to an activating group) is 2. The number of nitrogens with zero attached hydrogens (tertiary/aromatic N) is 2. The minimum Gasteiger partial charge on any atom is -0.464 e. The summed E-state index contributed by atoms with van der Waals surface area (Å²) in [5.74, 6) is 6.27. The highest BCUT2D eigenvalue weighted by molar-refractivity contribution is 5.94. The van der Waals surface area contributed by atoms with Crippen LogP contribution in [-0.2, 0) is 6.54 Å². The number of likely N-dealkylation sites (tertiary alicyclic amines) is 1. The van der Waals surface area contributed by atoms with E-state index in [2.05, 4.69) is 29.2 Å². The van der Waals surface area contributed by atoms with Gasteiger partial charge in [-0.1, -0.05) is 6.92 Å². The van der Waals surface area contributed by atoms with Crippen LogP contribution in [0.25, 0.3) is 0 Å². The van der Waals surface area contributed by atoms with Crippen molar-refractivity contribution in [2.45, 2.75) is 39.3 Å². The summed E-state index contributed by atoms with van der Waals surface area (Å²) in [6, 6.07) is 2.41. The molecule has 0 saturated carbocycles. The number of hydrazine groups is 1. The van der Waals surface area contributed by atoms with E-state index in [-0.39, 0.29) is 5.91 Å². The highest BCUT2D eigenvalue weighted by Crippen LogP contribution is 2.19. The Bertz CT molecular complexity index is 486. The lowest BCUT2D eigenvalue weighted by Crippen LogP contribution is -2.38. The van der Waals surface area contributed by atoms with E-state index in [1.54, 1.807) is 13.0 Å². The molecule has 1 aliphatic rings. The zero-order valence-corrected chi connectivity index (χ0v) is 13.2. The van der Waals surface area contributed by atoms with Crippen LogP contribution in [-0.4, -0.2) is 48.4 Å². The summed E-state index contributed by atoms with van der Waals surface area (Å²) in [5.41, 5.74) is 2.65. The van der Waals surface area contributed by atoms with Gasteiger partial charge in [0.05, 0.1) is 12.1 Å². The van der Waals surface area contributed by atoms with Crippen molar-refractivity contribution < 1.29 is 9.21 Å². The van der Waals surface area contributed by atoms with Crippen LogP contribution in [0.4, 0.5) is 0 Å². The zero-order valence-electron chi connectivity index (χ0n) is 13.2. The summed E-state index contributed by atoms with van der Waals surface area (Å²) in [5, 5.41) is 0. The van der Waals surface area contributed by atoms with Gasteiger partial charge < -0.3 is 4.42 Å². The van der Waals surface area contributed by atoms with Gasteiger partial charge in [0.15, 0.2) is 0 Å². The van der Waals surface area contributed by atoms with Gasteiger partial charge in [0.25, 0.3) is 5.91 Å². The first-order chi connectivity index (χ1) is 10.0. The molecule has 1 fully saturated rings. The maximum atomic E-state index is 11.6. The third-order valence-electron chi connectivity index (χ3n) is 4.20.